The average molecular weight is 428 g/mol. The molecule has 2 amide bonds. The van der Waals surface area contributed by atoms with Gasteiger partial charge in [0.25, 0.3) is 0 Å². The molecule has 30 heavy (non-hydrogen) atoms. The third kappa shape index (κ3) is 4.94. The number of amides is 2. The summed E-state index contributed by atoms with van der Waals surface area (Å²) in [5, 5.41) is 3.77. The summed E-state index contributed by atoms with van der Waals surface area (Å²) in [6.07, 6.45) is 1.30. The summed E-state index contributed by atoms with van der Waals surface area (Å²) in [5.41, 5.74) is 3.71. The number of nitrogens with zero attached hydrogens (tertiary/aromatic N) is 2. The Morgan fingerprint density at radius 3 is 2.50 bits per heavy atom. The molecule has 6 nitrogen and oxygen atoms in total. The highest BCUT2D eigenvalue weighted by Crippen LogP contribution is 2.37. The van der Waals surface area contributed by atoms with Crippen molar-refractivity contribution in [1.82, 2.24) is 9.80 Å². The first-order chi connectivity index (χ1) is 14.4. The van der Waals surface area contributed by atoms with Crippen LogP contribution in [0, 0.1) is 6.92 Å². The molecule has 0 radical (unpaired) electrons. The van der Waals surface area contributed by atoms with Gasteiger partial charge in [0.1, 0.15) is 5.75 Å². The van der Waals surface area contributed by atoms with E-state index in [-0.39, 0.29) is 18.4 Å². The van der Waals surface area contributed by atoms with E-state index in [2.05, 4.69) is 18.0 Å². The number of hydrogen-bond donors (Lipinski definition) is 1. The summed E-state index contributed by atoms with van der Waals surface area (Å²) >= 11 is 6.48. The lowest BCUT2D eigenvalue weighted by atomic mass is 10.0. The number of carbonyl (C=O) groups is 2. The van der Waals surface area contributed by atoms with Crippen LogP contribution in [0.25, 0.3) is 11.1 Å². The molecule has 1 heterocycles. The molecule has 1 aliphatic rings. The highest BCUT2D eigenvalue weighted by Gasteiger charge is 2.23. The van der Waals surface area contributed by atoms with Gasteiger partial charge in [0.2, 0.25) is 11.8 Å². The summed E-state index contributed by atoms with van der Waals surface area (Å²) in [7, 11) is 1.57. The van der Waals surface area contributed by atoms with Gasteiger partial charge in [-0.25, -0.2) is 0 Å². The second kappa shape index (κ2) is 9.67. The Kier molecular flexibility index (Phi) is 7.00. The van der Waals surface area contributed by atoms with Gasteiger partial charge in [-0.1, -0.05) is 48.0 Å². The Balaban J connectivity index is 1.70. The lowest BCUT2D eigenvalue weighted by Gasteiger charge is -2.34. The quantitative estimate of drug-likeness (QED) is 0.715. The molecule has 1 aliphatic heterocycles. The molecule has 1 N–H and O–H groups in total. The van der Waals surface area contributed by atoms with Gasteiger partial charge in [-0.15, -0.1) is 0 Å². The number of methoxy groups -OCH3 is 1. The summed E-state index contributed by atoms with van der Waals surface area (Å²) in [6.45, 7) is 7.70. The van der Waals surface area contributed by atoms with Gasteiger partial charge in [0, 0.05) is 37.8 Å². The molecular formula is C23H26ClN3O3. The summed E-state index contributed by atoms with van der Waals surface area (Å²) in [6, 6.07) is 11.7. The molecule has 1 fully saturated rings. The summed E-state index contributed by atoms with van der Waals surface area (Å²) in [5.74, 6) is 0.440. The van der Waals surface area contributed by atoms with Crippen LogP contribution in [0.3, 0.4) is 0 Å². The van der Waals surface area contributed by atoms with Crippen molar-refractivity contribution in [3.8, 4) is 16.9 Å². The van der Waals surface area contributed by atoms with Crippen LogP contribution in [0.5, 0.6) is 5.75 Å². The van der Waals surface area contributed by atoms with Crippen molar-refractivity contribution in [1.29, 1.82) is 0 Å². The predicted octanol–water partition coefficient (Wildman–Crippen LogP) is 3.59. The van der Waals surface area contributed by atoms with Crippen LogP contribution in [-0.4, -0.2) is 61.4 Å². The van der Waals surface area contributed by atoms with Crippen LogP contribution in [-0.2, 0) is 9.59 Å². The lowest BCUT2D eigenvalue weighted by Crippen LogP contribution is -2.51. The largest absolute Gasteiger partial charge is 0.495 e. The first-order valence-electron chi connectivity index (χ1n) is 9.80. The maximum atomic E-state index is 12.7. The van der Waals surface area contributed by atoms with E-state index in [1.54, 1.807) is 23.0 Å². The van der Waals surface area contributed by atoms with Crippen LogP contribution >= 0.6 is 11.6 Å². The first-order valence-corrected chi connectivity index (χ1v) is 10.2. The molecule has 0 aliphatic carbocycles. The number of hydrogen-bond acceptors (Lipinski definition) is 4. The van der Waals surface area contributed by atoms with Crippen LogP contribution in [0.1, 0.15) is 5.56 Å². The SMILES string of the molecule is C=CC(=O)N1CCN(C(=O)CNc2cc(-c3cccc(C)c3)c(Cl)cc2OC)CC1. The number of halogens is 1. The highest BCUT2D eigenvalue weighted by atomic mass is 35.5. The molecule has 158 valence electrons. The Labute approximate surface area is 182 Å². The van der Waals surface area contributed by atoms with Crippen LogP contribution in [0.2, 0.25) is 5.02 Å². The molecule has 1 saturated heterocycles. The minimum Gasteiger partial charge on any atom is -0.495 e. The van der Waals surface area contributed by atoms with Crippen molar-refractivity contribution in [3.63, 3.8) is 0 Å². The molecule has 2 aromatic rings. The summed E-state index contributed by atoms with van der Waals surface area (Å²) < 4.78 is 5.45. The maximum Gasteiger partial charge on any atom is 0.246 e. The topological polar surface area (TPSA) is 61.9 Å². The van der Waals surface area contributed by atoms with E-state index in [0.29, 0.717) is 42.6 Å². The molecule has 0 atom stereocenters. The molecule has 0 unspecified atom stereocenters. The highest BCUT2D eigenvalue weighted by molar-refractivity contribution is 6.33. The predicted molar refractivity (Wildman–Crippen MR) is 120 cm³/mol. The Hall–Kier alpha value is -2.99. The molecule has 7 heteroatoms. The molecule has 0 spiro atoms. The zero-order valence-electron chi connectivity index (χ0n) is 17.3. The molecule has 0 bridgehead atoms. The van der Waals surface area contributed by atoms with Crippen molar-refractivity contribution in [2.45, 2.75) is 6.92 Å². The normalized spacial score (nSPS) is 13.7. The summed E-state index contributed by atoms with van der Waals surface area (Å²) in [4.78, 5) is 27.8. The molecule has 2 aromatic carbocycles. The van der Waals surface area contributed by atoms with Crippen molar-refractivity contribution in [2.24, 2.45) is 0 Å². The lowest BCUT2D eigenvalue weighted by molar-refractivity contribution is -0.135. The molecular weight excluding hydrogens is 402 g/mol. The van der Waals surface area contributed by atoms with Crippen molar-refractivity contribution in [2.75, 3.05) is 45.2 Å². The van der Waals surface area contributed by atoms with Gasteiger partial charge in [0.15, 0.2) is 0 Å². The molecule has 0 saturated carbocycles. The number of nitrogens with one attached hydrogen (secondary N) is 1. The average Bonchev–Trinajstić information content (AvgIpc) is 2.77. The first kappa shape index (κ1) is 21.7. The van der Waals surface area contributed by atoms with Gasteiger partial charge in [-0.3, -0.25) is 9.59 Å². The van der Waals surface area contributed by atoms with E-state index in [9.17, 15) is 9.59 Å². The van der Waals surface area contributed by atoms with E-state index < -0.39 is 0 Å². The fourth-order valence-corrected chi connectivity index (χ4v) is 3.75. The number of piperazine rings is 1. The fourth-order valence-electron chi connectivity index (χ4n) is 3.48. The Morgan fingerprint density at radius 2 is 1.87 bits per heavy atom. The second-order valence-electron chi connectivity index (χ2n) is 7.17. The number of rotatable bonds is 6. The van der Waals surface area contributed by atoms with Gasteiger partial charge in [-0.05, 0) is 24.6 Å². The number of aryl methyl sites for hydroxylation is 1. The number of ether oxygens (including phenoxy) is 1. The minimum absolute atomic E-state index is 0.0326. The Bertz CT molecular complexity index is 953. The zero-order chi connectivity index (χ0) is 21.7. The maximum absolute atomic E-state index is 12.7. The fraction of sp³-hybridized carbons (Fsp3) is 0.304. The number of benzene rings is 2. The minimum atomic E-state index is -0.102. The number of carbonyl (C=O) groups excluding carboxylic acids is 2. The van der Waals surface area contributed by atoms with Gasteiger partial charge in [0.05, 0.1) is 24.4 Å². The van der Waals surface area contributed by atoms with Crippen LogP contribution in [0.15, 0.2) is 49.1 Å². The van der Waals surface area contributed by atoms with E-state index in [0.717, 1.165) is 16.7 Å². The monoisotopic (exact) mass is 427 g/mol. The van der Waals surface area contributed by atoms with Crippen LogP contribution < -0.4 is 10.1 Å². The van der Waals surface area contributed by atoms with E-state index in [1.165, 1.54) is 6.08 Å². The second-order valence-corrected chi connectivity index (χ2v) is 7.57. The molecule has 3 rings (SSSR count). The van der Waals surface area contributed by atoms with Gasteiger partial charge >= 0.3 is 0 Å². The van der Waals surface area contributed by atoms with Crippen molar-refractivity contribution >= 4 is 29.1 Å². The van der Waals surface area contributed by atoms with E-state index in [1.807, 2.05) is 31.2 Å². The standard InChI is InChI=1S/C23H26ClN3O3/c1-4-22(28)26-8-10-27(11-9-26)23(29)15-25-20-13-18(19(24)14-21(20)30-3)17-7-5-6-16(2)12-17/h4-7,12-14,25H,1,8-11,15H2,2-3H3. The third-order valence-corrected chi connectivity index (χ3v) is 5.48. The smallest absolute Gasteiger partial charge is 0.246 e. The van der Waals surface area contributed by atoms with E-state index >= 15 is 0 Å². The van der Waals surface area contributed by atoms with Crippen molar-refractivity contribution < 1.29 is 14.3 Å². The van der Waals surface area contributed by atoms with E-state index in [4.69, 9.17) is 16.3 Å². The number of anilines is 1. The third-order valence-electron chi connectivity index (χ3n) is 5.17. The zero-order valence-corrected chi connectivity index (χ0v) is 18.0. The Morgan fingerprint density at radius 1 is 1.17 bits per heavy atom. The van der Waals surface area contributed by atoms with Crippen molar-refractivity contribution in [3.05, 3.63) is 59.6 Å². The molecule has 0 aromatic heterocycles. The van der Waals surface area contributed by atoms with Gasteiger partial charge in [-0.2, -0.15) is 0 Å². The van der Waals surface area contributed by atoms with Gasteiger partial charge < -0.3 is 19.9 Å². The van der Waals surface area contributed by atoms with Crippen LogP contribution in [0.4, 0.5) is 5.69 Å².